The number of hydrogen-bond donors (Lipinski definition) is 0. The second-order valence-electron chi connectivity index (χ2n) is 4.87. The predicted molar refractivity (Wildman–Crippen MR) is 72.7 cm³/mol. The van der Waals surface area contributed by atoms with Crippen LogP contribution in [0.3, 0.4) is 0 Å². The predicted octanol–water partition coefficient (Wildman–Crippen LogP) is 4.90. The van der Waals surface area contributed by atoms with Crippen molar-refractivity contribution in [3.8, 4) is 0 Å². The first-order valence-electron chi connectivity index (χ1n) is 7.27. The number of rotatable bonds is 0. The lowest BCUT2D eigenvalue weighted by atomic mass is 9.61. The van der Waals surface area contributed by atoms with Gasteiger partial charge in [0, 0.05) is 5.41 Å². The van der Waals surface area contributed by atoms with E-state index in [-0.39, 0.29) is 0 Å². The zero-order valence-corrected chi connectivity index (χ0v) is 12.5. The highest BCUT2D eigenvalue weighted by molar-refractivity contribution is 4.98. The summed E-state index contributed by atoms with van der Waals surface area (Å²) in [7, 11) is 0. The van der Waals surface area contributed by atoms with Gasteiger partial charge in [-0.15, -0.1) is 0 Å². The van der Waals surface area contributed by atoms with E-state index in [1.807, 2.05) is 27.7 Å². The van der Waals surface area contributed by atoms with Crippen LogP contribution in [0.2, 0.25) is 0 Å². The maximum Gasteiger partial charge on any atom is 0.0606 e. The molecule has 0 aromatic carbocycles. The molecule has 16 heavy (non-hydrogen) atoms. The highest BCUT2D eigenvalue weighted by Crippen LogP contribution is 2.52. The van der Waals surface area contributed by atoms with E-state index in [1.54, 1.807) is 0 Å². The van der Waals surface area contributed by atoms with Gasteiger partial charge in [0.05, 0.1) is 12.7 Å². The van der Waals surface area contributed by atoms with Gasteiger partial charge in [-0.05, 0) is 25.2 Å². The Bertz CT molecular complexity index is 176. The van der Waals surface area contributed by atoms with Crippen LogP contribution < -0.4 is 0 Å². The van der Waals surface area contributed by atoms with Gasteiger partial charge in [-0.3, -0.25) is 0 Å². The zero-order valence-electron chi connectivity index (χ0n) is 12.5. The van der Waals surface area contributed by atoms with Crippen LogP contribution in [0, 0.1) is 17.3 Å². The van der Waals surface area contributed by atoms with Crippen molar-refractivity contribution in [1.29, 1.82) is 0 Å². The molecule has 1 aliphatic carbocycles. The van der Waals surface area contributed by atoms with Crippen LogP contribution >= 0.6 is 0 Å². The first kappa shape index (κ1) is 16.0. The molecule has 2 aliphatic rings. The van der Waals surface area contributed by atoms with Crippen LogP contribution in [-0.2, 0) is 4.74 Å². The van der Waals surface area contributed by atoms with Crippen molar-refractivity contribution in [2.24, 2.45) is 17.3 Å². The van der Waals surface area contributed by atoms with E-state index in [0.717, 1.165) is 18.4 Å². The summed E-state index contributed by atoms with van der Waals surface area (Å²) in [5, 5.41) is 0. The summed E-state index contributed by atoms with van der Waals surface area (Å²) in [4.78, 5) is 0. The summed E-state index contributed by atoms with van der Waals surface area (Å²) < 4.78 is 5.77. The normalized spacial score (nSPS) is 41.1. The molecule has 1 saturated carbocycles. The third kappa shape index (κ3) is 2.80. The Morgan fingerprint density at radius 3 is 2.06 bits per heavy atom. The third-order valence-electron chi connectivity index (χ3n) is 4.55. The molecule has 0 radical (unpaired) electrons. The van der Waals surface area contributed by atoms with Gasteiger partial charge in [-0.2, -0.15) is 0 Å². The fourth-order valence-corrected chi connectivity index (χ4v) is 3.13. The first-order valence-corrected chi connectivity index (χ1v) is 7.27. The molecule has 0 N–H and O–H groups in total. The lowest BCUT2D eigenvalue weighted by Gasteiger charge is -2.43. The van der Waals surface area contributed by atoms with Gasteiger partial charge in [-0.25, -0.2) is 0 Å². The Morgan fingerprint density at radius 2 is 1.56 bits per heavy atom. The van der Waals surface area contributed by atoms with Crippen molar-refractivity contribution in [2.75, 3.05) is 6.61 Å². The Labute approximate surface area is 103 Å². The standard InChI is InChI=1S/C11H20O.2C2H6/c1-8-5-4-6-10-7-12-9(2)11(8,10)3;2*1-2/h8-10H,4-7H2,1-3H3;2*1-2H3. The van der Waals surface area contributed by atoms with Crippen LogP contribution in [-0.4, -0.2) is 12.7 Å². The number of hydrogen-bond acceptors (Lipinski definition) is 1. The molecule has 4 atom stereocenters. The average molecular weight is 228 g/mol. The highest BCUT2D eigenvalue weighted by atomic mass is 16.5. The number of fused-ring (bicyclic) bond motifs is 1. The van der Waals surface area contributed by atoms with Crippen molar-refractivity contribution in [2.45, 2.75) is 73.8 Å². The van der Waals surface area contributed by atoms with Gasteiger partial charge in [0.1, 0.15) is 0 Å². The molecular weight excluding hydrogens is 196 g/mol. The topological polar surface area (TPSA) is 9.23 Å². The molecule has 1 heteroatoms. The van der Waals surface area contributed by atoms with Crippen molar-refractivity contribution >= 4 is 0 Å². The molecule has 0 spiro atoms. The smallest absolute Gasteiger partial charge is 0.0606 e. The van der Waals surface area contributed by atoms with Gasteiger partial charge < -0.3 is 4.74 Å². The molecule has 1 nitrogen and oxygen atoms in total. The number of ether oxygens (including phenoxy) is 1. The molecule has 1 saturated heterocycles. The van der Waals surface area contributed by atoms with E-state index in [0.29, 0.717) is 11.5 Å². The Kier molecular flexibility index (Phi) is 7.30. The monoisotopic (exact) mass is 228 g/mol. The van der Waals surface area contributed by atoms with Gasteiger partial charge in [-0.1, -0.05) is 54.4 Å². The maximum atomic E-state index is 5.77. The Hall–Kier alpha value is -0.0400. The molecule has 2 fully saturated rings. The summed E-state index contributed by atoms with van der Waals surface area (Å²) in [6, 6.07) is 0. The molecule has 0 amide bonds. The van der Waals surface area contributed by atoms with E-state index in [1.165, 1.54) is 19.3 Å². The Morgan fingerprint density at radius 1 is 1.00 bits per heavy atom. The summed E-state index contributed by atoms with van der Waals surface area (Å²) in [6.07, 6.45) is 4.70. The Balaban J connectivity index is 0.000000509. The molecule has 98 valence electrons. The second kappa shape index (κ2) is 7.32. The first-order chi connectivity index (χ1) is 7.65. The van der Waals surface area contributed by atoms with Crippen LogP contribution in [0.15, 0.2) is 0 Å². The fraction of sp³-hybridized carbons (Fsp3) is 1.00. The van der Waals surface area contributed by atoms with Crippen LogP contribution in [0.1, 0.15) is 67.7 Å². The van der Waals surface area contributed by atoms with E-state index < -0.39 is 0 Å². The summed E-state index contributed by atoms with van der Waals surface area (Å²) >= 11 is 0. The van der Waals surface area contributed by atoms with Gasteiger partial charge >= 0.3 is 0 Å². The molecule has 0 aromatic heterocycles. The van der Waals surface area contributed by atoms with E-state index in [4.69, 9.17) is 4.74 Å². The lowest BCUT2D eigenvalue weighted by molar-refractivity contribution is 0.0208. The molecule has 0 bridgehead atoms. The molecule has 4 unspecified atom stereocenters. The van der Waals surface area contributed by atoms with Crippen molar-refractivity contribution < 1.29 is 4.74 Å². The van der Waals surface area contributed by atoms with Crippen LogP contribution in [0.5, 0.6) is 0 Å². The summed E-state index contributed by atoms with van der Waals surface area (Å²) in [5.74, 6) is 1.70. The minimum absolute atomic E-state index is 0.484. The molecular formula is C15H32O. The average Bonchev–Trinajstić information content (AvgIpc) is 2.64. The van der Waals surface area contributed by atoms with Crippen LogP contribution in [0.4, 0.5) is 0 Å². The van der Waals surface area contributed by atoms with E-state index in [2.05, 4.69) is 20.8 Å². The molecule has 0 aromatic rings. The zero-order chi connectivity index (χ0) is 12.8. The highest BCUT2D eigenvalue weighted by Gasteiger charge is 2.50. The molecule has 2 rings (SSSR count). The van der Waals surface area contributed by atoms with Crippen molar-refractivity contribution in [1.82, 2.24) is 0 Å². The summed E-state index contributed by atoms with van der Waals surface area (Å²) in [6.45, 7) is 16.1. The van der Waals surface area contributed by atoms with Gasteiger partial charge in [0.15, 0.2) is 0 Å². The molecule has 1 aliphatic heterocycles. The third-order valence-corrected chi connectivity index (χ3v) is 4.55. The van der Waals surface area contributed by atoms with Crippen LogP contribution in [0.25, 0.3) is 0 Å². The SMILES string of the molecule is CC.CC.CC1CCCC2COC(C)C12C. The van der Waals surface area contributed by atoms with E-state index >= 15 is 0 Å². The second-order valence-corrected chi connectivity index (χ2v) is 4.87. The van der Waals surface area contributed by atoms with E-state index in [9.17, 15) is 0 Å². The lowest BCUT2D eigenvalue weighted by Crippen LogP contribution is -2.40. The molecule has 1 heterocycles. The minimum atomic E-state index is 0.484. The quantitative estimate of drug-likeness (QED) is 0.573. The van der Waals surface area contributed by atoms with Crippen molar-refractivity contribution in [3.63, 3.8) is 0 Å². The fourth-order valence-electron chi connectivity index (χ4n) is 3.13. The van der Waals surface area contributed by atoms with Gasteiger partial charge in [0.25, 0.3) is 0 Å². The van der Waals surface area contributed by atoms with Gasteiger partial charge in [0.2, 0.25) is 0 Å². The van der Waals surface area contributed by atoms with Crippen molar-refractivity contribution in [3.05, 3.63) is 0 Å². The maximum absolute atomic E-state index is 5.77. The minimum Gasteiger partial charge on any atom is -0.378 e. The largest absolute Gasteiger partial charge is 0.378 e. The summed E-state index contributed by atoms with van der Waals surface area (Å²) in [5.41, 5.74) is 0.484.